The Morgan fingerprint density at radius 2 is 1.79 bits per heavy atom. The number of pyridine rings is 1. The molecule has 2 N–H and O–H groups in total. The SMILES string of the molecule is O=C(Nc1ccc2[nH]ncc2c1)c1cncc(-c2ccccc2)c1. The smallest absolute Gasteiger partial charge is 0.257 e. The van der Waals surface area contributed by atoms with Gasteiger partial charge < -0.3 is 5.32 Å². The quantitative estimate of drug-likeness (QED) is 0.603. The van der Waals surface area contributed by atoms with Gasteiger partial charge in [0, 0.05) is 29.0 Å². The fraction of sp³-hybridized carbons (Fsp3) is 0. The Kier molecular flexibility index (Phi) is 3.51. The van der Waals surface area contributed by atoms with Crippen molar-refractivity contribution in [2.45, 2.75) is 0 Å². The molecule has 4 aromatic rings. The van der Waals surface area contributed by atoms with Gasteiger partial charge in [-0.3, -0.25) is 14.9 Å². The van der Waals surface area contributed by atoms with E-state index in [0.717, 1.165) is 27.7 Å². The van der Waals surface area contributed by atoms with E-state index in [-0.39, 0.29) is 5.91 Å². The molecule has 0 bridgehead atoms. The van der Waals surface area contributed by atoms with Gasteiger partial charge in [-0.15, -0.1) is 0 Å². The van der Waals surface area contributed by atoms with Crippen molar-refractivity contribution < 1.29 is 4.79 Å². The van der Waals surface area contributed by atoms with Crippen molar-refractivity contribution in [3.05, 3.63) is 78.8 Å². The molecule has 0 saturated heterocycles. The second-order valence-electron chi connectivity index (χ2n) is 5.45. The number of carbonyl (C=O) groups is 1. The molecule has 2 aromatic heterocycles. The third-order valence-corrected chi connectivity index (χ3v) is 3.81. The predicted molar refractivity (Wildman–Crippen MR) is 93.7 cm³/mol. The van der Waals surface area contributed by atoms with Gasteiger partial charge in [-0.05, 0) is 29.8 Å². The van der Waals surface area contributed by atoms with E-state index >= 15 is 0 Å². The number of anilines is 1. The molecular formula is C19H14N4O. The fourth-order valence-electron chi connectivity index (χ4n) is 2.58. The number of benzene rings is 2. The van der Waals surface area contributed by atoms with Crippen LogP contribution in [0, 0.1) is 0 Å². The lowest BCUT2D eigenvalue weighted by atomic mass is 10.1. The average molecular weight is 314 g/mol. The van der Waals surface area contributed by atoms with Crippen molar-refractivity contribution in [1.82, 2.24) is 15.2 Å². The number of hydrogen-bond donors (Lipinski definition) is 2. The second-order valence-corrected chi connectivity index (χ2v) is 5.45. The first-order valence-electron chi connectivity index (χ1n) is 7.54. The molecule has 5 nitrogen and oxygen atoms in total. The highest BCUT2D eigenvalue weighted by Gasteiger charge is 2.09. The van der Waals surface area contributed by atoms with Crippen molar-refractivity contribution in [2.24, 2.45) is 0 Å². The Hall–Kier alpha value is -3.47. The summed E-state index contributed by atoms with van der Waals surface area (Å²) in [5.41, 5.74) is 4.11. The molecule has 0 aliphatic rings. The number of fused-ring (bicyclic) bond motifs is 1. The summed E-state index contributed by atoms with van der Waals surface area (Å²) in [5, 5.41) is 10.7. The van der Waals surface area contributed by atoms with Gasteiger partial charge in [0.1, 0.15) is 0 Å². The molecule has 5 heteroatoms. The largest absolute Gasteiger partial charge is 0.322 e. The van der Waals surface area contributed by atoms with Crippen LogP contribution in [0.25, 0.3) is 22.0 Å². The molecule has 0 saturated carbocycles. The Labute approximate surface area is 138 Å². The number of hydrogen-bond acceptors (Lipinski definition) is 3. The maximum atomic E-state index is 12.5. The van der Waals surface area contributed by atoms with E-state index in [9.17, 15) is 4.79 Å². The normalized spacial score (nSPS) is 10.7. The van der Waals surface area contributed by atoms with Gasteiger partial charge >= 0.3 is 0 Å². The van der Waals surface area contributed by atoms with E-state index in [1.165, 1.54) is 0 Å². The first-order chi connectivity index (χ1) is 11.8. The lowest BCUT2D eigenvalue weighted by Crippen LogP contribution is -2.12. The number of nitrogens with zero attached hydrogens (tertiary/aromatic N) is 2. The average Bonchev–Trinajstić information content (AvgIpc) is 3.10. The van der Waals surface area contributed by atoms with E-state index < -0.39 is 0 Å². The van der Waals surface area contributed by atoms with Crippen molar-refractivity contribution in [3.63, 3.8) is 0 Å². The summed E-state index contributed by atoms with van der Waals surface area (Å²) in [6, 6.07) is 17.3. The van der Waals surface area contributed by atoms with Crippen molar-refractivity contribution in [3.8, 4) is 11.1 Å². The number of aromatic nitrogens is 3. The Balaban J connectivity index is 1.60. The fourth-order valence-corrected chi connectivity index (χ4v) is 2.58. The molecule has 0 aliphatic carbocycles. The molecule has 24 heavy (non-hydrogen) atoms. The van der Waals surface area contributed by atoms with Crippen LogP contribution in [0.2, 0.25) is 0 Å². The van der Waals surface area contributed by atoms with E-state index in [4.69, 9.17) is 0 Å². The Morgan fingerprint density at radius 1 is 0.917 bits per heavy atom. The third-order valence-electron chi connectivity index (χ3n) is 3.81. The van der Waals surface area contributed by atoms with E-state index in [2.05, 4.69) is 20.5 Å². The molecule has 0 radical (unpaired) electrons. The van der Waals surface area contributed by atoms with Crippen LogP contribution in [0.4, 0.5) is 5.69 Å². The third kappa shape index (κ3) is 2.75. The maximum absolute atomic E-state index is 12.5. The van der Waals surface area contributed by atoms with Crippen LogP contribution in [0.15, 0.2) is 73.2 Å². The molecule has 0 fully saturated rings. The first kappa shape index (κ1) is 14.1. The maximum Gasteiger partial charge on any atom is 0.257 e. The number of aromatic amines is 1. The lowest BCUT2D eigenvalue weighted by molar-refractivity contribution is 0.102. The van der Waals surface area contributed by atoms with Crippen LogP contribution in [0.3, 0.4) is 0 Å². The van der Waals surface area contributed by atoms with Crippen LogP contribution in [-0.4, -0.2) is 21.1 Å². The zero-order valence-electron chi connectivity index (χ0n) is 12.7. The lowest BCUT2D eigenvalue weighted by Gasteiger charge is -2.07. The molecule has 0 aliphatic heterocycles. The van der Waals surface area contributed by atoms with Crippen molar-refractivity contribution in [1.29, 1.82) is 0 Å². The van der Waals surface area contributed by atoms with E-state index in [1.54, 1.807) is 18.6 Å². The van der Waals surface area contributed by atoms with Gasteiger partial charge in [-0.1, -0.05) is 30.3 Å². The molecule has 116 valence electrons. The van der Waals surface area contributed by atoms with Gasteiger partial charge in [-0.2, -0.15) is 5.10 Å². The van der Waals surface area contributed by atoms with Gasteiger partial charge in [0.05, 0.1) is 17.3 Å². The molecular weight excluding hydrogens is 300 g/mol. The zero-order chi connectivity index (χ0) is 16.4. The number of nitrogens with one attached hydrogen (secondary N) is 2. The highest BCUT2D eigenvalue weighted by molar-refractivity contribution is 6.05. The molecule has 1 amide bonds. The summed E-state index contributed by atoms with van der Waals surface area (Å²) in [7, 11) is 0. The minimum atomic E-state index is -0.192. The minimum absolute atomic E-state index is 0.192. The molecule has 0 spiro atoms. The number of rotatable bonds is 3. The molecule has 2 aromatic carbocycles. The number of H-pyrrole nitrogens is 1. The van der Waals surface area contributed by atoms with E-state index in [1.807, 2.05) is 54.6 Å². The Bertz CT molecular complexity index is 1010. The highest BCUT2D eigenvalue weighted by Crippen LogP contribution is 2.20. The second kappa shape index (κ2) is 5.96. The monoisotopic (exact) mass is 314 g/mol. The summed E-state index contributed by atoms with van der Waals surface area (Å²) >= 11 is 0. The van der Waals surface area contributed by atoms with Gasteiger partial charge in [0.2, 0.25) is 0 Å². The molecule has 0 atom stereocenters. The standard InChI is InChI=1S/C19H14N4O/c24-19(22-17-6-7-18-15(9-17)12-21-23-18)16-8-14(10-20-11-16)13-4-2-1-3-5-13/h1-12H,(H,21,23)(H,22,24). The summed E-state index contributed by atoms with van der Waals surface area (Å²) in [4.78, 5) is 16.7. The van der Waals surface area contributed by atoms with Crippen LogP contribution < -0.4 is 5.32 Å². The molecule has 2 heterocycles. The van der Waals surface area contributed by atoms with Crippen molar-refractivity contribution >= 4 is 22.5 Å². The minimum Gasteiger partial charge on any atom is -0.322 e. The highest BCUT2D eigenvalue weighted by atomic mass is 16.1. The van der Waals surface area contributed by atoms with Gasteiger partial charge in [0.25, 0.3) is 5.91 Å². The number of carbonyl (C=O) groups excluding carboxylic acids is 1. The number of amides is 1. The molecule has 4 rings (SSSR count). The van der Waals surface area contributed by atoms with Gasteiger partial charge in [0.15, 0.2) is 0 Å². The van der Waals surface area contributed by atoms with Crippen LogP contribution in [0.1, 0.15) is 10.4 Å². The van der Waals surface area contributed by atoms with E-state index in [0.29, 0.717) is 5.56 Å². The van der Waals surface area contributed by atoms with Crippen molar-refractivity contribution in [2.75, 3.05) is 5.32 Å². The predicted octanol–water partition coefficient (Wildman–Crippen LogP) is 3.88. The zero-order valence-corrected chi connectivity index (χ0v) is 12.7. The molecule has 0 unspecified atom stereocenters. The topological polar surface area (TPSA) is 70.7 Å². The van der Waals surface area contributed by atoms with Crippen LogP contribution >= 0.6 is 0 Å². The Morgan fingerprint density at radius 3 is 2.67 bits per heavy atom. The first-order valence-corrected chi connectivity index (χ1v) is 7.54. The summed E-state index contributed by atoms with van der Waals surface area (Å²) in [6.45, 7) is 0. The van der Waals surface area contributed by atoms with Gasteiger partial charge in [-0.25, -0.2) is 0 Å². The summed E-state index contributed by atoms with van der Waals surface area (Å²) < 4.78 is 0. The van der Waals surface area contributed by atoms with Crippen LogP contribution in [0.5, 0.6) is 0 Å². The summed E-state index contributed by atoms with van der Waals surface area (Å²) in [6.07, 6.45) is 5.05. The van der Waals surface area contributed by atoms with Crippen LogP contribution in [-0.2, 0) is 0 Å². The summed E-state index contributed by atoms with van der Waals surface area (Å²) in [5.74, 6) is -0.192.